The van der Waals surface area contributed by atoms with E-state index in [1.807, 2.05) is 28.4 Å². The van der Waals surface area contributed by atoms with E-state index in [0.29, 0.717) is 17.9 Å². The third-order valence-corrected chi connectivity index (χ3v) is 3.84. The second-order valence-corrected chi connectivity index (χ2v) is 6.72. The first-order valence-electron chi connectivity index (χ1n) is 8.03. The van der Waals surface area contributed by atoms with Gasteiger partial charge in [0.15, 0.2) is 0 Å². The monoisotopic (exact) mass is 326 g/mol. The molecule has 1 N–H and O–H groups in total. The van der Waals surface area contributed by atoms with Crippen LogP contribution >= 0.6 is 0 Å². The van der Waals surface area contributed by atoms with Crippen molar-refractivity contribution in [2.75, 3.05) is 0 Å². The van der Waals surface area contributed by atoms with Crippen molar-refractivity contribution in [1.82, 2.24) is 29.5 Å². The maximum atomic E-state index is 12.5. The molecule has 3 aromatic rings. The number of amides is 1. The van der Waals surface area contributed by atoms with Crippen molar-refractivity contribution in [3.63, 3.8) is 0 Å². The number of carbonyl (C=O) groups excluding carboxylic acids is 1. The van der Waals surface area contributed by atoms with Gasteiger partial charge in [-0.15, -0.1) is 0 Å². The number of carbonyl (C=O) groups is 1. The van der Waals surface area contributed by atoms with E-state index in [4.69, 9.17) is 0 Å². The molecule has 0 fully saturated rings. The van der Waals surface area contributed by atoms with Crippen LogP contribution in [0.2, 0.25) is 0 Å². The van der Waals surface area contributed by atoms with Gasteiger partial charge in [-0.3, -0.25) is 13.9 Å². The van der Waals surface area contributed by atoms with Crippen molar-refractivity contribution >= 4 is 11.7 Å². The fraction of sp³-hybridized carbons (Fsp3) is 0.412. The lowest BCUT2D eigenvalue weighted by molar-refractivity contribution is 0.0949. The van der Waals surface area contributed by atoms with Gasteiger partial charge in [-0.1, -0.05) is 6.92 Å². The van der Waals surface area contributed by atoms with Crippen LogP contribution in [0.25, 0.3) is 5.78 Å². The molecule has 0 radical (unpaired) electrons. The molecular weight excluding hydrogens is 304 g/mol. The lowest BCUT2D eigenvalue weighted by Gasteiger charge is -2.22. The minimum atomic E-state index is -0.153. The molecule has 7 heteroatoms. The van der Waals surface area contributed by atoms with Crippen LogP contribution in [0.15, 0.2) is 31.0 Å². The summed E-state index contributed by atoms with van der Waals surface area (Å²) in [5.41, 5.74) is 2.34. The highest BCUT2D eigenvalue weighted by atomic mass is 16.1. The predicted molar refractivity (Wildman–Crippen MR) is 90.8 cm³/mol. The van der Waals surface area contributed by atoms with Crippen LogP contribution in [0.5, 0.6) is 0 Å². The molecule has 0 aliphatic rings. The first kappa shape index (κ1) is 16.2. The molecule has 0 saturated heterocycles. The minimum Gasteiger partial charge on any atom is -0.348 e. The van der Waals surface area contributed by atoms with Crippen molar-refractivity contribution in [3.8, 4) is 0 Å². The SMILES string of the molecule is CCc1c(C(=O)NCc2cnc3nccn3c2)cnn1C(C)(C)C. The highest BCUT2D eigenvalue weighted by Gasteiger charge is 2.22. The van der Waals surface area contributed by atoms with Crippen molar-refractivity contribution in [2.24, 2.45) is 0 Å². The molecular formula is C17H22N6O. The molecule has 0 aliphatic heterocycles. The van der Waals surface area contributed by atoms with Crippen LogP contribution in [-0.2, 0) is 18.5 Å². The van der Waals surface area contributed by atoms with Gasteiger partial charge in [0.1, 0.15) is 0 Å². The second-order valence-electron chi connectivity index (χ2n) is 6.72. The van der Waals surface area contributed by atoms with Crippen LogP contribution in [0.4, 0.5) is 0 Å². The number of fused-ring (bicyclic) bond motifs is 1. The molecule has 0 unspecified atom stereocenters. The van der Waals surface area contributed by atoms with E-state index >= 15 is 0 Å². The maximum absolute atomic E-state index is 12.5. The van der Waals surface area contributed by atoms with Crippen molar-refractivity contribution < 1.29 is 4.79 Å². The first-order valence-corrected chi connectivity index (χ1v) is 8.03. The number of imidazole rings is 1. The second kappa shape index (κ2) is 6.07. The fourth-order valence-corrected chi connectivity index (χ4v) is 2.71. The fourth-order valence-electron chi connectivity index (χ4n) is 2.71. The van der Waals surface area contributed by atoms with Crippen molar-refractivity contribution in [1.29, 1.82) is 0 Å². The Morgan fingerprint density at radius 1 is 1.25 bits per heavy atom. The van der Waals surface area contributed by atoms with Crippen molar-refractivity contribution in [2.45, 2.75) is 46.2 Å². The average molecular weight is 326 g/mol. The summed E-state index contributed by atoms with van der Waals surface area (Å²) in [5, 5.41) is 7.35. The number of nitrogens with zero attached hydrogens (tertiary/aromatic N) is 5. The normalized spacial score (nSPS) is 11.8. The third kappa shape index (κ3) is 3.02. The Morgan fingerprint density at radius 3 is 2.75 bits per heavy atom. The maximum Gasteiger partial charge on any atom is 0.255 e. The summed E-state index contributed by atoms with van der Waals surface area (Å²) < 4.78 is 3.75. The number of hydrogen-bond donors (Lipinski definition) is 1. The average Bonchev–Trinajstić information content (AvgIpc) is 3.17. The summed E-state index contributed by atoms with van der Waals surface area (Å²) in [6.45, 7) is 8.67. The zero-order valence-corrected chi connectivity index (χ0v) is 14.4. The lowest BCUT2D eigenvalue weighted by Crippen LogP contribution is -2.27. The molecule has 0 saturated carbocycles. The third-order valence-electron chi connectivity index (χ3n) is 3.84. The zero-order valence-electron chi connectivity index (χ0n) is 14.4. The molecule has 3 rings (SSSR count). The van der Waals surface area contributed by atoms with E-state index in [2.05, 4.69) is 41.2 Å². The summed E-state index contributed by atoms with van der Waals surface area (Å²) in [7, 11) is 0. The van der Waals surface area contributed by atoms with Gasteiger partial charge in [0.25, 0.3) is 5.91 Å². The molecule has 0 aliphatic carbocycles. The summed E-state index contributed by atoms with van der Waals surface area (Å²) in [4.78, 5) is 20.9. The van der Waals surface area contributed by atoms with Gasteiger partial charge in [0, 0.05) is 36.9 Å². The van der Waals surface area contributed by atoms with Gasteiger partial charge in [0.2, 0.25) is 5.78 Å². The Morgan fingerprint density at radius 2 is 2.04 bits per heavy atom. The molecule has 0 spiro atoms. The highest BCUT2D eigenvalue weighted by Crippen LogP contribution is 2.19. The highest BCUT2D eigenvalue weighted by molar-refractivity contribution is 5.95. The minimum absolute atomic E-state index is 0.118. The Labute approximate surface area is 140 Å². The number of rotatable bonds is 4. The predicted octanol–water partition coefficient (Wildman–Crippen LogP) is 2.17. The Hall–Kier alpha value is -2.70. The molecule has 7 nitrogen and oxygen atoms in total. The Bertz CT molecular complexity index is 871. The molecule has 0 atom stereocenters. The van der Waals surface area contributed by atoms with Crippen LogP contribution in [0, 0.1) is 0 Å². The van der Waals surface area contributed by atoms with Crippen LogP contribution in [0.3, 0.4) is 0 Å². The smallest absolute Gasteiger partial charge is 0.255 e. The molecule has 3 aromatic heterocycles. The molecule has 1 amide bonds. The summed E-state index contributed by atoms with van der Waals surface area (Å²) >= 11 is 0. The van der Waals surface area contributed by atoms with Crippen LogP contribution in [0.1, 0.15) is 49.3 Å². The van der Waals surface area contributed by atoms with Crippen LogP contribution < -0.4 is 5.32 Å². The Balaban J connectivity index is 1.76. The van der Waals surface area contributed by atoms with E-state index in [1.165, 1.54) is 0 Å². The van der Waals surface area contributed by atoms with Crippen molar-refractivity contribution in [3.05, 3.63) is 47.8 Å². The molecule has 24 heavy (non-hydrogen) atoms. The summed E-state index contributed by atoms with van der Waals surface area (Å²) in [5.74, 6) is 0.526. The molecule has 3 heterocycles. The van der Waals surface area contributed by atoms with E-state index < -0.39 is 0 Å². The van der Waals surface area contributed by atoms with Gasteiger partial charge in [-0.25, -0.2) is 9.97 Å². The Kier molecular flexibility index (Phi) is 4.09. The summed E-state index contributed by atoms with van der Waals surface area (Å²) in [6.07, 6.45) is 9.56. The van der Waals surface area contributed by atoms with Gasteiger partial charge in [-0.2, -0.15) is 5.10 Å². The number of nitrogens with one attached hydrogen (secondary N) is 1. The number of hydrogen-bond acceptors (Lipinski definition) is 4. The number of aromatic nitrogens is 5. The molecule has 0 bridgehead atoms. The van der Waals surface area contributed by atoms with Gasteiger partial charge < -0.3 is 5.32 Å². The van der Waals surface area contributed by atoms with Gasteiger partial charge in [-0.05, 0) is 27.2 Å². The van der Waals surface area contributed by atoms with E-state index in [0.717, 1.165) is 17.7 Å². The lowest BCUT2D eigenvalue weighted by atomic mass is 10.1. The van der Waals surface area contributed by atoms with E-state index in [1.54, 1.807) is 18.6 Å². The largest absolute Gasteiger partial charge is 0.348 e. The van der Waals surface area contributed by atoms with Gasteiger partial charge >= 0.3 is 0 Å². The first-order chi connectivity index (χ1) is 11.4. The standard InChI is InChI=1S/C17H22N6O/c1-5-14-13(10-21-23(14)17(2,3)4)15(24)19-8-12-9-20-16-18-6-7-22(16)11-12/h6-7,9-11H,5,8H2,1-4H3,(H,19,24). The summed E-state index contributed by atoms with van der Waals surface area (Å²) in [6, 6.07) is 0. The molecule has 0 aromatic carbocycles. The quantitative estimate of drug-likeness (QED) is 0.797. The van der Waals surface area contributed by atoms with Gasteiger partial charge in [0.05, 0.1) is 23.0 Å². The molecule has 126 valence electrons. The van der Waals surface area contributed by atoms with E-state index in [9.17, 15) is 4.79 Å². The van der Waals surface area contributed by atoms with E-state index in [-0.39, 0.29) is 11.4 Å². The zero-order chi connectivity index (χ0) is 17.3. The topological polar surface area (TPSA) is 77.1 Å². The van der Waals surface area contributed by atoms with Crippen LogP contribution in [-0.4, -0.2) is 30.1 Å².